The Morgan fingerprint density at radius 3 is 2.31 bits per heavy atom. The van der Waals surface area contributed by atoms with Crippen molar-refractivity contribution in [1.29, 1.82) is 0 Å². The molecule has 0 spiro atoms. The zero-order chi connectivity index (χ0) is 27.5. The van der Waals surface area contributed by atoms with Crippen LogP contribution < -0.4 is 5.32 Å². The summed E-state index contributed by atoms with van der Waals surface area (Å²) in [5.74, 6) is -3.19. The van der Waals surface area contributed by atoms with E-state index in [9.17, 15) is 23.5 Å². The first-order valence-corrected chi connectivity index (χ1v) is 13.0. The minimum absolute atomic E-state index is 0.0883. The van der Waals surface area contributed by atoms with Crippen molar-refractivity contribution >= 4 is 28.6 Å². The smallest absolute Gasteiger partial charge is 0.335 e. The summed E-state index contributed by atoms with van der Waals surface area (Å²) in [5, 5.41) is 12.1. The van der Waals surface area contributed by atoms with E-state index in [1.165, 1.54) is 31.4 Å². The minimum Gasteiger partial charge on any atom is -0.478 e. The van der Waals surface area contributed by atoms with Gasteiger partial charge in [-0.05, 0) is 48.6 Å². The van der Waals surface area contributed by atoms with Gasteiger partial charge in [0.1, 0.15) is 18.0 Å². The third kappa shape index (κ3) is 5.40. The largest absolute Gasteiger partial charge is 0.478 e. The lowest BCUT2D eigenvalue weighted by molar-refractivity contribution is -0.121. The molecule has 0 radical (unpaired) electrons. The summed E-state index contributed by atoms with van der Waals surface area (Å²) in [6.45, 7) is 0. The van der Waals surface area contributed by atoms with Crippen molar-refractivity contribution in [3.05, 3.63) is 95.3 Å². The van der Waals surface area contributed by atoms with Crippen molar-refractivity contribution in [1.82, 2.24) is 9.55 Å². The number of carboxylic acids is 1. The first-order valence-electron chi connectivity index (χ1n) is 13.0. The summed E-state index contributed by atoms with van der Waals surface area (Å²) >= 11 is 0. The van der Waals surface area contributed by atoms with Gasteiger partial charge in [0.25, 0.3) is 0 Å². The number of nitrogens with one attached hydrogen (secondary N) is 1. The average molecular weight is 534 g/mol. The SMILES string of the molecule is COC(c1ccccc1)c1nc2cc(F)c(F)cc2n1[C@@H](C(=O)Nc1ccc(C(=O)O)cc1)C1CCCCC1. The molecule has 39 heavy (non-hydrogen) atoms. The molecule has 1 fully saturated rings. The molecule has 5 rings (SSSR count). The highest BCUT2D eigenvalue weighted by atomic mass is 19.2. The number of methoxy groups -OCH3 is 1. The topological polar surface area (TPSA) is 93.5 Å². The third-order valence-electron chi connectivity index (χ3n) is 7.37. The van der Waals surface area contributed by atoms with Crippen LogP contribution in [-0.4, -0.2) is 33.6 Å². The number of rotatable bonds is 8. The summed E-state index contributed by atoms with van der Waals surface area (Å²) in [6, 6.07) is 16.6. The number of aromatic carboxylic acids is 1. The van der Waals surface area contributed by atoms with Crippen LogP contribution in [0, 0.1) is 17.6 Å². The Labute approximate surface area is 224 Å². The van der Waals surface area contributed by atoms with Crippen LogP contribution in [-0.2, 0) is 9.53 Å². The van der Waals surface area contributed by atoms with Crippen LogP contribution in [0.15, 0.2) is 66.7 Å². The molecule has 0 saturated heterocycles. The number of amides is 1. The first kappa shape index (κ1) is 26.5. The summed E-state index contributed by atoms with van der Waals surface area (Å²) in [4.78, 5) is 30.0. The molecule has 202 valence electrons. The van der Waals surface area contributed by atoms with E-state index < -0.39 is 29.7 Å². The number of anilines is 1. The standard InChI is InChI=1S/C30H29F2N3O4/c1-39-27(19-10-6-3-7-11-19)28-34-24-16-22(31)23(32)17-25(24)35(28)26(18-8-4-2-5-9-18)29(36)33-21-14-12-20(13-15-21)30(37)38/h3,6-7,10-18,26-27H,2,4-5,8-9H2,1H3,(H,33,36)(H,37,38)/t26-,27?/m1/s1. The van der Waals surface area contributed by atoms with Crippen molar-refractivity contribution in [3.63, 3.8) is 0 Å². The van der Waals surface area contributed by atoms with E-state index in [1.807, 2.05) is 30.3 Å². The molecular weight excluding hydrogens is 504 g/mol. The molecular formula is C30H29F2N3O4. The molecule has 1 amide bonds. The Hall–Kier alpha value is -4.11. The maximum atomic E-state index is 14.6. The maximum absolute atomic E-state index is 14.6. The van der Waals surface area contributed by atoms with Crippen LogP contribution in [0.5, 0.6) is 0 Å². The number of nitrogens with zero attached hydrogens (tertiary/aromatic N) is 2. The molecule has 4 aromatic rings. The summed E-state index contributed by atoms with van der Waals surface area (Å²) in [7, 11) is 1.53. The predicted octanol–water partition coefficient (Wildman–Crippen LogP) is 6.51. The van der Waals surface area contributed by atoms with Gasteiger partial charge in [-0.3, -0.25) is 4.79 Å². The number of fused-ring (bicyclic) bond motifs is 1. The highest BCUT2D eigenvalue weighted by Crippen LogP contribution is 2.39. The van der Waals surface area contributed by atoms with Gasteiger partial charge in [0.15, 0.2) is 11.6 Å². The molecule has 0 bridgehead atoms. The molecule has 9 heteroatoms. The normalized spacial score (nSPS) is 15.7. The molecule has 7 nitrogen and oxygen atoms in total. The number of halogens is 2. The van der Waals surface area contributed by atoms with Gasteiger partial charge in [0.05, 0.1) is 16.6 Å². The number of carbonyl (C=O) groups excluding carboxylic acids is 1. The summed E-state index contributed by atoms with van der Waals surface area (Å²) in [5.41, 5.74) is 1.84. The zero-order valence-corrected chi connectivity index (χ0v) is 21.4. The highest BCUT2D eigenvalue weighted by molar-refractivity contribution is 5.96. The lowest BCUT2D eigenvalue weighted by Gasteiger charge is -2.33. The fraction of sp³-hybridized carbons (Fsp3) is 0.300. The monoisotopic (exact) mass is 533 g/mol. The number of ether oxygens (including phenoxy) is 1. The molecule has 1 aliphatic carbocycles. The van der Waals surface area contributed by atoms with E-state index in [0.29, 0.717) is 17.0 Å². The Balaban J connectivity index is 1.66. The van der Waals surface area contributed by atoms with E-state index in [0.717, 1.165) is 49.8 Å². The Morgan fingerprint density at radius 1 is 1.00 bits per heavy atom. The van der Waals surface area contributed by atoms with Gasteiger partial charge < -0.3 is 19.7 Å². The molecule has 1 heterocycles. The molecule has 3 aromatic carbocycles. The van der Waals surface area contributed by atoms with Gasteiger partial charge in [-0.1, -0.05) is 49.6 Å². The van der Waals surface area contributed by atoms with Gasteiger partial charge in [0, 0.05) is 24.9 Å². The quantitative estimate of drug-likeness (QED) is 0.269. The number of imidazole rings is 1. The number of benzene rings is 3. The lowest BCUT2D eigenvalue weighted by atomic mass is 9.83. The molecule has 2 atom stereocenters. The van der Waals surface area contributed by atoms with Gasteiger partial charge in [-0.25, -0.2) is 18.6 Å². The summed E-state index contributed by atoms with van der Waals surface area (Å²) in [6.07, 6.45) is 3.81. The van der Waals surface area contributed by atoms with Crippen LogP contribution in [0.4, 0.5) is 14.5 Å². The van der Waals surface area contributed by atoms with E-state index in [-0.39, 0.29) is 22.9 Å². The number of carbonyl (C=O) groups is 2. The fourth-order valence-corrected chi connectivity index (χ4v) is 5.51. The number of carboxylic acid groups (broad SMARTS) is 1. The number of hydrogen-bond donors (Lipinski definition) is 2. The molecule has 0 aliphatic heterocycles. The fourth-order valence-electron chi connectivity index (χ4n) is 5.51. The molecule has 2 N–H and O–H groups in total. The van der Waals surface area contributed by atoms with E-state index >= 15 is 0 Å². The van der Waals surface area contributed by atoms with Crippen LogP contribution in [0.3, 0.4) is 0 Å². The van der Waals surface area contributed by atoms with Crippen LogP contribution in [0.1, 0.15) is 66.0 Å². The van der Waals surface area contributed by atoms with Gasteiger partial charge in [-0.15, -0.1) is 0 Å². The number of hydrogen-bond acceptors (Lipinski definition) is 4. The van der Waals surface area contributed by atoms with E-state index in [4.69, 9.17) is 4.74 Å². The van der Waals surface area contributed by atoms with Crippen molar-refractivity contribution < 1.29 is 28.2 Å². The van der Waals surface area contributed by atoms with Crippen LogP contribution in [0.2, 0.25) is 0 Å². The van der Waals surface area contributed by atoms with E-state index in [1.54, 1.807) is 4.57 Å². The van der Waals surface area contributed by atoms with Crippen LogP contribution >= 0.6 is 0 Å². The van der Waals surface area contributed by atoms with Crippen molar-refractivity contribution in [2.75, 3.05) is 12.4 Å². The zero-order valence-electron chi connectivity index (χ0n) is 21.4. The van der Waals surface area contributed by atoms with Crippen molar-refractivity contribution in [2.24, 2.45) is 5.92 Å². The Morgan fingerprint density at radius 2 is 1.67 bits per heavy atom. The third-order valence-corrected chi connectivity index (χ3v) is 7.37. The molecule has 1 aromatic heterocycles. The Bertz CT molecular complexity index is 1480. The molecule has 1 unspecified atom stereocenters. The van der Waals surface area contributed by atoms with E-state index in [2.05, 4.69) is 10.3 Å². The Kier molecular flexibility index (Phi) is 7.70. The minimum atomic E-state index is -1.07. The first-order chi connectivity index (χ1) is 18.9. The molecule has 1 saturated carbocycles. The summed E-state index contributed by atoms with van der Waals surface area (Å²) < 4.78 is 36.5. The lowest BCUT2D eigenvalue weighted by Crippen LogP contribution is -2.35. The van der Waals surface area contributed by atoms with Crippen molar-refractivity contribution in [2.45, 2.75) is 44.2 Å². The maximum Gasteiger partial charge on any atom is 0.335 e. The van der Waals surface area contributed by atoms with Gasteiger partial charge >= 0.3 is 5.97 Å². The average Bonchev–Trinajstić information content (AvgIpc) is 3.28. The predicted molar refractivity (Wildman–Crippen MR) is 143 cm³/mol. The van der Waals surface area contributed by atoms with Gasteiger partial charge in [-0.2, -0.15) is 0 Å². The van der Waals surface area contributed by atoms with Crippen LogP contribution in [0.25, 0.3) is 11.0 Å². The number of aromatic nitrogens is 2. The second-order valence-electron chi connectivity index (χ2n) is 9.84. The highest BCUT2D eigenvalue weighted by Gasteiger charge is 2.36. The van der Waals surface area contributed by atoms with Gasteiger partial charge in [0.2, 0.25) is 5.91 Å². The molecule has 1 aliphatic rings. The second-order valence-corrected chi connectivity index (χ2v) is 9.84. The second kappa shape index (κ2) is 11.3. The van der Waals surface area contributed by atoms with Crippen molar-refractivity contribution in [3.8, 4) is 0 Å².